The van der Waals surface area contributed by atoms with E-state index in [9.17, 15) is 9.59 Å². The molecule has 1 fully saturated rings. The van der Waals surface area contributed by atoms with Gasteiger partial charge in [0.2, 0.25) is 5.91 Å². The predicted molar refractivity (Wildman–Crippen MR) is 145 cm³/mol. The number of hydrogen-bond donors (Lipinski definition) is 0. The number of carbonyl (C=O) groups is 2. The zero-order chi connectivity index (χ0) is 24.5. The Morgan fingerprint density at radius 3 is 2.50 bits per heavy atom. The van der Waals surface area contributed by atoms with Gasteiger partial charge in [-0.15, -0.1) is 11.3 Å². The molecule has 5 nitrogen and oxygen atoms in total. The quantitative estimate of drug-likeness (QED) is 0.421. The van der Waals surface area contributed by atoms with Crippen molar-refractivity contribution in [1.82, 2.24) is 4.90 Å². The molecule has 1 saturated carbocycles. The van der Waals surface area contributed by atoms with Crippen LogP contribution in [0.5, 0.6) is 0 Å². The third-order valence-corrected chi connectivity index (χ3v) is 8.83. The maximum Gasteiger partial charge on any atom is 0.254 e. The number of anilines is 2. The van der Waals surface area contributed by atoms with Gasteiger partial charge >= 0.3 is 0 Å². The largest absolute Gasteiger partial charge is 0.362 e. The molecule has 0 N–H and O–H groups in total. The molecule has 2 aromatic carbocycles. The second-order valence-electron chi connectivity index (χ2n) is 10.2. The Hall–Kier alpha value is -3.12. The highest BCUT2D eigenvalue weighted by Crippen LogP contribution is 2.43. The summed E-state index contributed by atoms with van der Waals surface area (Å²) in [5.41, 5.74) is 4.41. The summed E-state index contributed by atoms with van der Waals surface area (Å²) in [6, 6.07) is 20.3. The summed E-state index contributed by atoms with van der Waals surface area (Å²) in [5.74, 6) is 0.0748. The molecule has 0 saturated heterocycles. The minimum atomic E-state index is -0.572. The summed E-state index contributed by atoms with van der Waals surface area (Å²) < 4.78 is 0. The average molecular weight is 500 g/mol. The van der Waals surface area contributed by atoms with Gasteiger partial charge in [-0.2, -0.15) is 0 Å². The highest BCUT2D eigenvalue weighted by molar-refractivity contribution is 7.09. The first-order valence-corrected chi connectivity index (χ1v) is 14.2. The molecular weight excluding hydrogens is 466 g/mol. The number of thiophene rings is 1. The van der Waals surface area contributed by atoms with Crippen LogP contribution in [0.3, 0.4) is 0 Å². The number of para-hydroxylation sites is 2. The van der Waals surface area contributed by atoms with E-state index in [1.165, 1.54) is 12.0 Å². The van der Waals surface area contributed by atoms with E-state index >= 15 is 0 Å². The first-order chi connectivity index (χ1) is 17.7. The van der Waals surface area contributed by atoms with E-state index in [4.69, 9.17) is 0 Å². The highest BCUT2D eigenvalue weighted by atomic mass is 32.1. The van der Waals surface area contributed by atoms with Crippen molar-refractivity contribution in [1.29, 1.82) is 0 Å². The van der Waals surface area contributed by atoms with E-state index in [0.29, 0.717) is 6.54 Å². The molecule has 3 aromatic rings. The van der Waals surface area contributed by atoms with E-state index in [0.717, 1.165) is 66.9 Å². The molecule has 1 aliphatic carbocycles. The van der Waals surface area contributed by atoms with Crippen LogP contribution < -0.4 is 9.80 Å². The molecule has 6 rings (SSSR count). The maximum atomic E-state index is 14.1. The minimum absolute atomic E-state index is 0.0127. The van der Waals surface area contributed by atoms with Crippen LogP contribution in [0.25, 0.3) is 0 Å². The van der Waals surface area contributed by atoms with Crippen LogP contribution >= 0.6 is 11.3 Å². The molecule has 186 valence electrons. The Labute approximate surface area is 217 Å². The first kappa shape index (κ1) is 23.3. The van der Waals surface area contributed by atoms with Gasteiger partial charge in [0.1, 0.15) is 6.04 Å². The van der Waals surface area contributed by atoms with Crippen LogP contribution in [0.1, 0.15) is 60.6 Å². The fraction of sp³-hybridized carbons (Fsp3) is 0.400. The summed E-state index contributed by atoms with van der Waals surface area (Å²) >= 11 is 1.64. The number of rotatable bonds is 6. The van der Waals surface area contributed by atoms with Crippen LogP contribution in [-0.2, 0) is 22.6 Å². The number of fused-ring (bicyclic) bond motifs is 2. The lowest BCUT2D eigenvalue weighted by Gasteiger charge is -2.35. The van der Waals surface area contributed by atoms with Crippen LogP contribution in [0.15, 0.2) is 66.0 Å². The van der Waals surface area contributed by atoms with Gasteiger partial charge in [0.15, 0.2) is 0 Å². The van der Waals surface area contributed by atoms with E-state index in [1.54, 1.807) is 11.3 Å². The van der Waals surface area contributed by atoms with E-state index in [2.05, 4.69) is 35.2 Å². The SMILES string of the molecule is O=C(CN1CCCc2ccccc21)N(Cc1cccs1)C1C(=O)N(C2CCCCC2)c2ccccc21. The van der Waals surface area contributed by atoms with Gasteiger partial charge < -0.3 is 14.7 Å². The molecular formula is C30H33N3O2S. The maximum absolute atomic E-state index is 14.1. The van der Waals surface area contributed by atoms with Crippen LogP contribution in [0.2, 0.25) is 0 Å². The molecule has 0 bridgehead atoms. The summed E-state index contributed by atoms with van der Waals surface area (Å²) in [6.45, 7) is 1.60. The summed E-state index contributed by atoms with van der Waals surface area (Å²) in [6.07, 6.45) is 7.72. The second kappa shape index (κ2) is 10.1. The number of benzene rings is 2. The smallest absolute Gasteiger partial charge is 0.254 e. The van der Waals surface area contributed by atoms with E-state index in [1.807, 2.05) is 45.5 Å². The van der Waals surface area contributed by atoms with E-state index in [-0.39, 0.29) is 24.4 Å². The van der Waals surface area contributed by atoms with Crippen LogP contribution in [0.4, 0.5) is 11.4 Å². The third-order valence-electron chi connectivity index (χ3n) is 7.97. The Morgan fingerprint density at radius 1 is 0.917 bits per heavy atom. The Balaban J connectivity index is 1.34. The van der Waals surface area contributed by atoms with Crippen molar-refractivity contribution in [2.24, 2.45) is 0 Å². The van der Waals surface area contributed by atoms with Gasteiger partial charge in [0.05, 0.1) is 13.1 Å². The molecule has 6 heteroatoms. The zero-order valence-corrected chi connectivity index (χ0v) is 21.5. The lowest BCUT2D eigenvalue weighted by Crippen LogP contribution is -2.47. The number of nitrogens with zero attached hydrogens (tertiary/aromatic N) is 3. The zero-order valence-electron chi connectivity index (χ0n) is 20.6. The number of hydrogen-bond acceptors (Lipinski definition) is 4. The Bertz CT molecular complexity index is 1230. The standard InChI is InChI=1S/C30H33N3O2S/c34-28(21-31-18-8-11-22-10-4-6-16-26(22)31)32(20-24-14-9-19-36-24)29-25-15-5-7-17-27(25)33(30(29)35)23-12-2-1-3-13-23/h4-7,9-10,14-17,19,23,29H,1-3,8,11-13,18,20-21H2. The van der Waals surface area contributed by atoms with Gasteiger partial charge in [-0.05, 0) is 54.8 Å². The molecule has 2 aliphatic heterocycles. The average Bonchev–Trinajstić information content (AvgIpc) is 3.53. The molecule has 1 unspecified atom stereocenters. The number of amides is 2. The predicted octanol–water partition coefficient (Wildman–Crippen LogP) is 5.95. The molecule has 0 spiro atoms. The van der Waals surface area contributed by atoms with Crippen molar-refractivity contribution in [2.45, 2.75) is 63.6 Å². The molecule has 2 amide bonds. The van der Waals surface area contributed by atoms with Gasteiger partial charge in [0, 0.05) is 34.4 Å². The summed E-state index contributed by atoms with van der Waals surface area (Å²) in [7, 11) is 0. The molecule has 0 radical (unpaired) electrons. The fourth-order valence-corrected chi connectivity index (χ4v) is 6.97. The van der Waals surface area contributed by atoms with Crippen LogP contribution in [-0.4, -0.2) is 35.8 Å². The van der Waals surface area contributed by atoms with Gasteiger partial charge in [-0.25, -0.2) is 0 Å². The van der Waals surface area contributed by atoms with Crippen molar-refractivity contribution in [3.8, 4) is 0 Å². The second-order valence-corrected chi connectivity index (χ2v) is 11.2. The minimum Gasteiger partial charge on any atom is -0.362 e. The van der Waals surface area contributed by atoms with Gasteiger partial charge in [-0.3, -0.25) is 9.59 Å². The highest BCUT2D eigenvalue weighted by Gasteiger charge is 2.45. The van der Waals surface area contributed by atoms with Crippen molar-refractivity contribution in [3.63, 3.8) is 0 Å². The normalized spacial score (nSPS) is 19.8. The molecule has 36 heavy (non-hydrogen) atoms. The molecule has 3 aliphatic rings. The number of carbonyl (C=O) groups excluding carboxylic acids is 2. The number of aryl methyl sites for hydroxylation is 1. The van der Waals surface area contributed by atoms with E-state index < -0.39 is 6.04 Å². The van der Waals surface area contributed by atoms with Crippen molar-refractivity contribution >= 4 is 34.5 Å². The van der Waals surface area contributed by atoms with Crippen molar-refractivity contribution in [3.05, 3.63) is 82.0 Å². The Kier molecular flexibility index (Phi) is 6.53. The Morgan fingerprint density at radius 2 is 1.69 bits per heavy atom. The molecule has 1 aromatic heterocycles. The lowest BCUT2D eigenvalue weighted by atomic mass is 9.94. The fourth-order valence-electron chi connectivity index (χ4n) is 6.26. The first-order valence-electron chi connectivity index (χ1n) is 13.3. The van der Waals surface area contributed by atoms with Crippen LogP contribution in [0, 0.1) is 0 Å². The molecule has 1 atom stereocenters. The van der Waals surface area contributed by atoms with Gasteiger partial charge in [-0.1, -0.05) is 61.7 Å². The van der Waals surface area contributed by atoms with Crippen molar-refractivity contribution < 1.29 is 9.59 Å². The topological polar surface area (TPSA) is 43.9 Å². The van der Waals surface area contributed by atoms with Crippen molar-refractivity contribution in [2.75, 3.05) is 22.9 Å². The summed E-state index contributed by atoms with van der Waals surface area (Å²) in [4.78, 5) is 35.4. The lowest BCUT2D eigenvalue weighted by molar-refractivity contribution is -0.139. The van der Waals surface area contributed by atoms with Gasteiger partial charge in [0.25, 0.3) is 5.91 Å². The molecule has 3 heterocycles. The summed E-state index contributed by atoms with van der Waals surface area (Å²) in [5, 5.41) is 2.04. The monoisotopic (exact) mass is 499 g/mol. The third kappa shape index (κ3) is 4.32.